The lowest BCUT2D eigenvalue weighted by Crippen LogP contribution is -2.53. The third kappa shape index (κ3) is 7.09. The molecule has 0 spiro atoms. The normalized spacial score (nSPS) is 15.6. The first kappa shape index (κ1) is 21.0. The van der Waals surface area contributed by atoms with E-state index in [0.29, 0.717) is 50.1 Å². The fourth-order valence-electron chi connectivity index (χ4n) is 2.51. The Bertz CT molecular complexity index is 646. The van der Waals surface area contributed by atoms with Crippen LogP contribution >= 0.6 is 11.3 Å². The van der Waals surface area contributed by atoms with Crippen molar-refractivity contribution in [1.82, 2.24) is 15.1 Å². The fourth-order valence-corrected chi connectivity index (χ4v) is 3.15. The smallest absolute Gasteiger partial charge is 0.410 e. The second kappa shape index (κ2) is 9.59. The van der Waals surface area contributed by atoms with E-state index in [9.17, 15) is 9.59 Å². The summed E-state index contributed by atoms with van der Waals surface area (Å²) >= 11 is 1.42. The molecule has 1 aliphatic heterocycles. The quantitative estimate of drug-likeness (QED) is 0.449. The number of rotatable bonds is 5. The number of nitrogens with one attached hydrogen (secondary N) is 1. The van der Waals surface area contributed by atoms with Gasteiger partial charge in [-0.1, -0.05) is 6.07 Å². The van der Waals surface area contributed by atoms with Gasteiger partial charge in [-0.25, -0.2) is 4.79 Å². The molecule has 0 atom stereocenters. The Balaban J connectivity index is 1.65. The van der Waals surface area contributed by atoms with E-state index in [1.807, 2.05) is 37.1 Å². The number of hydrogen-bond acceptors (Lipinski definition) is 5. The maximum absolute atomic E-state index is 12.1. The number of piperazine rings is 1. The zero-order valence-corrected chi connectivity index (χ0v) is 17.1. The van der Waals surface area contributed by atoms with Crippen LogP contribution in [0.25, 0.3) is 0 Å². The third-order valence-corrected chi connectivity index (χ3v) is 4.76. The first-order chi connectivity index (χ1) is 12.8. The molecule has 27 heavy (non-hydrogen) atoms. The van der Waals surface area contributed by atoms with E-state index in [-0.39, 0.29) is 12.0 Å². The van der Waals surface area contributed by atoms with Crippen molar-refractivity contribution in [2.24, 2.45) is 10.7 Å². The van der Waals surface area contributed by atoms with Gasteiger partial charge in [-0.15, -0.1) is 11.3 Å². The molecule has 0 saturated carbocycles. The summed E-state index contributed by atoms with van der Waals surface area (Å²) < 4.78 is 5.38. The molecule has 0 unspecified atom stereocenters. The van der Waals surface area contributed by atoms with Gasteiger partial charge in [0.05, 0.1) is 4.88 Å². The minimum absolute atomic E-state index is 0.0554. The zero-order valence-electron chi connectivity index (χ0n) is 16.2. The van der Waals surface area contributed by atoms with Gasteiger partial charge in [-0.05, 0) is 38.6 Å². The van der Waals surface area contributed by atoms with Crippen LogP contribution in [0.5, 0.6) is 0 Å². The van der Waals surface area contributed by atoms with Crippen LogP contribution < -0.4 is 11.1 Å². The Kier molecular flexibility index (Phi) is 7.46. The highest BCUT2D eigenvalue weighted by Crippen LogP contribution is 2.12. The van der Waals surface area contributed by atoms with Crippen LogP contribution in [0.1, 0.15) is 36.9 Å². The van der Waals surface area contributed by atoms with E-state index in [4.69, 9.17) is 10.5 Å². The van der Waals surface area contributed by atoms with E-state index in [1.165, 1.54) is 11.3 Å². The van der Waals surface area contributed by atoms with E-state index in [1.54, 1.807) is 11.0 Å². The lowest BCUT2D eigenvalue weighted by atomic mass is 10.2. The van der Waals surface area contributed by atoms with Crippen LogP contribution in [0.3, 0.4) is 0 Å². The number of nitrogens with two attached hydrogens (primary N) is 1. The number of thiophene rings is 1. The van der Waals surface area contributed by atoms with E-state index >= 15 is 0 Å². The van der Waals surface area contributed by atoms with E-state index in [0.717, 1.165) is 6.42 Å². The Morgan fingerprint density at radius 3 is 2.52 bits per heavy atom. The Morgan fingerprint density at radius 2 is 1.93 bits per heavy atom. The van der Waals surface area contributed by atoms with Gasteiger partial charge in [0, 0.05) is 39.3 Å². The molecule has 0 radical (unpaired) electrons. The van der Waals surface area contributed by atoms with Crippen LogP contribution in [0.15, 0.2) is 22.5 Å². The topological polar surface area (TPSA) is 100 Å². The van der Waals surface area contributed by atoms with Crippen molar-refractivity contribution in [2.45, 2.75) is 32.8 Å². The van der Waals surface area contributed by atoms with Gasteiger partial charge in [-0.3, -0.25) is 9.79 Å². The van der Waals surface area contributed by atoms with Crippen molar-refractivity contribution in [1.29, 1.82) is 0 Å². The molecule has 1 fully saturated rings. The molecule has 1 aromatic heterocycles. The van der Waals surface area contributed by atoms with Crippen molar-refractivity contribution < 1.29 is 14.3 Å². The van der Waals surface area contributed by atoms with Crippen molar-refractivity contribution in [3.05, 3.63) is 22.4 Å². The molecule has 8 nitrogen and oxygen atoms in total. The SMILES string of the molecule is CC(C)(C)OC(=O)N1CCN(C(N)=NCCCNC(=O)c2cccs2)CC1. The summed E-state index contributed by atoms with van der Waals surface area (Å²) in [5, 5.41) is 4.74. The second-order valence-corrected chi connectivity index (χ2v) is 8.23. The molecular formula is C18H29N5O3S. The van der Waals surface area contributed by atoms with Crippen LogP contribution in [-0.4, -0.2) is 72.6 Å². The average molecular weight is 396 g/mol. The first-order valence-electron chi connectivity index (χ1n) is 9.11. The zero-order chi connectivity index (χ0) is 19.9. The molecule has 1 aromatic rings. The number of carbonyl (C=O) groups is 2. The van der Waals surface area contributed by atoms with Gasteiger partial charge < -0.3 is 25.6 Å². The lowest BCUT2D eigenvalue weighted by Gasteiger charge is -2.36. The maximum Gasteiger partial charge on any atom is 0.410 e. The van der Waals surface area contributed by atoms with E-state index in [2.05, 4.69) is 10.3 Å². The maximum atomic E-state index is 12.1. The van der Waals surface area contributed by atoms with Gasteiger partial charge in [-0.2, -0.15) is 0 Å². The highest BCUT2D eigenvalue weighted by atomic mass is 32.1. The van der Waals surface area contributed by atoms with Crippen molar-refractivity contribution in [2.75, 3.05) is 39.3 Å². The predicted molar refractivity (Wildman–Crippen MR) is 107 cm³/mol. The number of nitrogens with zero attached hydrogens (tertiary/aromatic N) is 3. The predicted octanol–water partition coefficient (Wildman–Crippen LogP) is 1.74. The number of carbonyl (C=O) groups excluding carboxylic acids is 2. The van der Waals surface area contributed by atoms with E-state index < -0.39 is 5.60 Å². The van der Waals surface area contributed by atoms with Crippen molar-refractivity contribution in [3.8, 4) is 0 Å². The average Bonchev–Trinajstić information content (AvgIpc) is 3.14. The number of ether oxygens (including phenoxy) is 1. The summed E-state index contributed by atoms with van der Waals surface area (Å²) in [5.41, 5.74) is 5.55. The van der Waals surface area contributed by atoms with Crippen molar-refractivity contribution >= 4 is 29.3 Å². The largest absolute Gasteiger partial charge is 0.444 e. The molecular weight excluding hydrogens is 366 g/mol. The number of guanidine groups is 1. The monoisotopic (exact) mass is 395 g/mol. The number of amides is 2. The number of aliphatic imine (C=N–C) groups is 1. The third-order valence-electron chi connectivity index (χ3n) is 3.89. The standard InChI is InChI=1S/C18H29N5O3S/c1-18(2,3)26-17(25)23-11-9-22(10-12-23)16(19)21-8-5-7-20-15(24)14-6-4-13-27-14/h4,6,13H,5,7-12H2,1-3H3,(H2,19,21)(H,20,24). The molecule has 3 N–H and O–H groups in total. The van der Waals surface area contributed by atoms with Crippen LogP contribution in [0.4, 0.5) is 4.79 Å². The van der Waals surface area contributed by atoms with Gasteiger partial charge in [0.15, 0.2) is 5.96 Å². The second-order valence-electron chi connectivity index (χ2n) is 7.28. The Labute approximate surface area is 164 Å². The lowest BCUT2D eigenvalue weighted by molar-refractivity contribution is 0.0186. The molecule has 1 aliphatic rings. The highest BCUT2D eigenvalue weighted by molar-refractivity contribution is 7.12. The molecule has 1 saturated heterocycles. The molecule has 2 amide bonds. The van der Waals surface area contributed by atoms with Crippen LogP contribution in [0.2, 0.25) is 0 Å². The van der Waals surface area contributed by atoms with Gasteiger partial charge >= 0.3 is 6.09 Å². The minimum atomic E-state index is -0.492. The van der Waals surface area contributed by atoms with Gasteiger partial charge in [0.25, 0.3) is 5.91 Å². The minimum Gasteiger partial charge on any atom is -0.444 e. The highest BCUT2D eigenvalue weighted by Gasteiger charge is 2.26. The first-order valence-corrected chi connectivity index (χ1v) is 9.99. The molecule has 0 bridgehead atoms. The molecule has 0 aromatic carbocycles. The molecule has 2 rings (SSSR count). The summed E-state index contributed by atoms with van der Waals surface area (Å²) in [6.45, 7) is 9.04. The van der Waals surface area contributed by atoms with Crippen molar-refractivity contribution in [3.63, 3.8) is 0 Å². The molecule has 150 valence electrons. The molecule has 0 aliphatic carbocycles. The Hall–Kier alpha value is -2.29. The summed E-state index contributed by atoms with van der Waals surface area (Å²) in [7, 11) is 0. The Morgan fingerprint density at radius 1 is 1.26 bits per heavy atom. The van der Waals surface area contributed by atoms with Gasteiger partial charge in [0.2, 0.25) is 0 Å². The molecule has 2 heterocycles. The fraction of sp³-hybridized carbons (Fsp3) is 0.611. The van der Waals surface area contributed by atoms with Crippen LogP contribution in [-0.2, 0) is 4.74 Å². The van der Waals surface area contributed by atoms with Crippen LogP contribution in [0, 0.1) is 0 Å². The summed E-state index contributed by atoms with van der Waals surface area (Å²) in [6.07, 6.45) is 0.425. The van der Waals surface area contributed by atoms with Gasteiger partial charge in [0.1, 0.15) is 5.60 Å². The number of hydrogen-bond donors (Lipinski definition) is 2. The summed E-state index contributed by atoms with van der Waals surface area (Å²) in [4.78, 5) is 32.6. The summed E-state index contributed by atoms with van der Waals surface area (Å²) in [5.74, 6) is 0.420. The summed E-state index contributed by atoms with van der Waals surface area (Å²) in [6, 6.07) is 3.65. The molecule has 9 heteroatoms.